The fourth-order valence-corrected chi connectivity index (χ4v) is 1.82. The Hall–Kier alpha value is -1.60. The summed E-state index contributed by atoms with van der Waals surface area (Å²) in [6.07, 6.45) is 2.50. The molecular formula is C13H22ClN5O2. The minimum Gasteiger partial charge on any atom is -0.383 e. The Morgan fingerprint density at radius 3 is 2.90 bits per heavy atom. The van der Waals surface area contributed by atoms with Gasteiger partial charge >= 0.3 is 0 Å². The smallest absolute Gasteiger partial charge is 0.239 e. The second-order valence-corrected chi connectivity index (χ2v) is 4.90. The van der Waals surface area contributed by atoms with E-state index in [1.165, 1.54) is 6.20 Å². The van der Waals surface area contributed by atoms with E-state index >= 15 is 0 Å². The van der Waals surface area contributed by atoms with Crippen molar-refractivity contribution in [2.75, 3.05) is 50.6 Å². The van der Waals surface area contributed by atoms with Crippen molar-refractivity contribution >= 4 is 29.3 Å². The molecule has 0 aliphatic heterocycles. The van der Waals surface area contributed by atoms with Crippen LogP contribution in [0.3, 0.4) is 0 Å². The van der Waals surface area contributed by atoms with Crippen molar-refractivity contribution in [3.63, 3.8) is 0 Å². The van der Waals surface area contributed by atoms with Gasteiger partial charge in [-0.15, -0.1) is 0 Å². The lowest BCUT2D eigenvalue weighted by Crippen LogP contribution is -2.37. The van der Waals surface area contributed by atoms with Crippen molar-refractivity contribution in [2.24, 2.45) is 0 Å². The Labute approximate surface area is 130 Å². The van der Waals surface area contributed by atoms with Crippen LogP contribution in [0.1, 0.15) is 13.3 Å². The molecule has 1 heterocycles. The van der Waals surface area contributed by atoms with Crippen LogP contribution in [0.15, 0.2) is 6.20 Å². The molecule has 0 aromatic carbocycles. The predicted octanol–water partition coefficient (Wildman–Crippen LogP) is 1.15. The second kappa shape index (κ2) is 9.36. The van der Waals surface area contributed by atoms with E-state index in [9.17, 15) is 4.79 Å². The molecule has 0 bridgehead atoms. The first kappa shape index (κ1) is 17.5. The minimum absolute atomic E-state index is 0.118. The predicted molar refractivity (Wildman–Crippen MR) is 84.0 cm³/mol. The first-order valence-corrected chi connectivity index (χ1v) is 7.19. The van der Waals surface area contributed by atoms with Gasteiger partial charge in [-0.05, 0) is 6.42 Å². The van der Waals surface area contributed by atoms with Gasteiger partial charge in [0.25, 0.3) is 0 Å². The van der Waals surface area contributed by atoms with Crippen molar-refractivity contribution in [1.82, 2.24) is 15.3 Å². The number of aromatic nitrogens is 2. The third-order valence-electron chi connectivity index (χ3n) is 2.63. The molecular weight excluding hydrogens is 294 g/mol. The maximum atomic E-state index is 11.8. The fourth-order valence-electron chi connectivity index (χ4n) is 1.59. The van der Waals surface area contributed by atoms with Gasteiger partial charge in [0.2, 0.25) is 11.9 Å². The van der Waals surface area contributed by atoms with Crippen LogP contribution in [0.4, 0.5) is 11.8 Å². The quantitative estimate of drug-likeness (QED) is 0.666. The summed E-state index contributed by atoms with van der Waals surface area (Å²) in [5.74, 6) is 0.905. The standard InChI is InChI=1S/C13H22ClN5O2/c1-4-5-16-13-17-8-10(14)12(18-13)19(2)9-11(20)15-6-7-21-3/h8H,4-7,9H2,1-3H3,(H,15,20)(H,16,17,18). The molecule has 0 saturated heterocycles. The number of carbonyl (C=O) groups is 1. The van der Waals surface area contributed by atoms with E-state index in [-0.39, 0.29) is 12.5 Å². The Balaban J connectivity index is 2.63. The zero-order valence-electron chi connectivity index (χ0n) is 12.6. The number of amides is 1. The topological polar surface area (TPSA) is 79.4 Å². The zero-order valence-corrected chi connectivity index (χ0v) is 13.4. The monoisotopic (exact) mass is 315 g/mol. The van der Waals surface area contributed by atoms with Crippen LogP contribution in [0.2, 0.25) is 5.02 Å². The van der Waals surface area contributed by atoms with E-state index in [0.717, 1.165) is 13.0 Å². The van der Waals surface area contributed by atoms with Crippen LogP contribution in [0, 0.1) is 0 Å². The largest absolute Gasteiger partial charge is 0.383 e. The average Bonchev–Trinajstić information content (AvgIpc) is 2.46. The molecule has 0 spiro atoms. The van der Waals surface area contributed by atoms with Gasteiger partial charge in [-0.25, -0.2) is 4.98 Å². The first-order valence-electron chi connectivity index (χ1n) is 6.81. The highest BCUT2D eigenvalue weighted by Crippen LogP contribution is 2.22. The van der Waals surface area contributed by atoms with E-state index in [1.807, 2.05) is 0 Å². The van der Waals surface area contributed by atoms with Gasteiger partial charge in [-0.3, -0.25) is 4.79 Å². The first-order chi connectivity index (χ1) is 10.1. The van der Waals surface area contributed by atoms with Gasteiger partial charge in [-0.2, -0.15) is 4.98 Å². The molecule has 118 valence electrons. The number of hydrogen-bond acceptors (Lipinski definition) is 6. The zero-order chi connectivity index (χ0) is 15.7. The summed E-state index contributed by atoms with van der Waals surface area (Å²) in [7, 11) is 3.34. The second-order valence-electron chi connectivity index (χ2n) is 4.49. The van der Waals surface area contributed by atoms with Gasteiger partial charge < -0.3 is 20.3 Å². The molecule has 0 atom stereocenters. The van der Waals surface area contributed by atoms with E-state index in [0.29, 0.717) is 29.9 Å². The summed E-state index contributed by atoms with van der Waals surface area (Å²) >= 11 is 6.09. The number of methoxy groups -OCH3 is 1. The van der Waals surface area contributed by atoms with Crippen molar-refractivity contribution in [3.8, 4) is 0 Å². The molecule has 2 N–H and O–H groups in total. The van der Waals surface area contributed by atoms with Crippen molar-refractivity contribution in [3.05, 3.63) is 11.2 Å². The molecule has 0 saturated carbocycles. The normalized spacial score (nSPS) is 10.3. The fraction of sp³-hybridized carbons (Fsp3) is 0.615. The molecule has 0 fully saturated rings. The van der Waals surface area contributed by atoms with E-state index in [2.05, 4.69) is 27.5 Å². The Kier molecular flexibility index (Phi) is 7.78. The van der Waals surface area contributed by atoms with Crippen LogP contribution in [0.5, 0.6) is 0 Å². The number of likely N-dealkylation sites (N-methyl/N-ethyl adjacent to an activating group) is 1. The highest BCUT2D eigenvalue weighted by Gasteiger charge is 2.13. The summed E-state index contributed by atoms with van der Waals surface area (Å²) in [5.41, 5.74) is 0. The molecule has 21 heavy (non-hydrogen) atoms. The number of nitrogens with zero attached hydrogens (tertiary/aromatic N) is 3. The molecule has 1 rings (SSSR count). The molecule has 8 heteroatoms. The summed E-state index contributed by atoms with van der Waals surface area (Å²) in [4.78, 5) is 21.9. The number of hydrogen-bond donors (Lipinski definition) is 2. The molecule has 1 amide bonds. The number of anilines is 2. The van der Waals surface area contributed by atoms with Crippen molar-refractivity contribution in [1.29, 1.82) is 0 Å². The number of nitrogens with one attached hydrogen (secondary N) is 2. The van der Waals surface area contributed by atoms with Crippen LogP contribution >= 0.6 is 11.6 Å². The van der Waals surface area contributed by atoms with Crippen molar-refractivity contribution < 1.29 is 9.53 Å². The van der Waals surface area contributed by atoms with Crippen LogP contribution in [-0.4, -0.2) is 56.3 Å². The number of rotatable bonds is 9. The lowest BCUT2D eigenvalue weighted by Gasteiger charge is -2.19. The molecule has 0 unspecified atom stereocenters. The van der Waals surface area contributed by atoms with Gasteiger partial charge in [0.05, 0.1) is 19.3 Å². The van der Waals surface area contributed by atoms with E-state index in [1.54, 1.807) is 19.1 Å². The minimum atomic E-state index is -0.118. The van der Waals surface area contributed by atoms with Crippen LogP contribution in [0.25, 0.3) is 0 Å². The number of carbonyl (C=O) groups excluding carboxylic acids is 1. The summed E-state index contributed by atoms with van der Waals surface area (Å²) in [6, 6.07) is 0. The summed E-state index contributed by atoms with van der Waals surface area (Å²) < 4.78 is 4.88. The Bertz CT molecular complexity index is 458. The van der Waals surface area contributed by atoms with Crippen molar-refractivity contribution in [2.45, 2.75) is 13.3 Å². The van der Waals surface area contributed by atoms with Gasteiger partial charge in [-0.1, -0.05) is 18.5 Å². The Morgan fingerprint density at radius 1 is 1.48 bits per heavy atom. The lowest BCUT2D eigenvalue weighted by atomic mass is 10.4. The van der Waals surface area contributed by atoms with E-state index < -0.39 is 0 Å². The van der Waals surface area contributed by atoms with Gasteiger partial charge in [0.1, 0.15) is 5.02 Å². The Morgan fingerprint density at radius 2 is 2.24 bits per heavy atom. The highest BCUT2D eigenvalue weighted by atomic mass is 35.5. The molecule has 0 aliphatic carbocycles. The maximum absolute atomic E-state index is 11.8. The van der Waals surface area contributed by atoms with Crippen LogP contribution < -0.4 is 15.5 Å². The molecule has 0 aliphatic rings. The lowest BCUT2D eigenvalue weighted by molar-refractivity contribution is -0.119. The van der Waals surface area contributed by atoms with E-state index in [4.69, 9.17) is 16.3 Å². The highest BCUT2D eigenvalue weighted by molar-refractivity contribution is 6.32. The molecule has 1 aromatic rings. The molecule has 7 nitrogen and oxygen atoms in total. The SMILES string of the molecule is CCCNc1ncc(Cl)c(N(C)CC(=O)NCCOC)n1. The number of ether oxygens (including phenoxy) is 1. The summed E-state index contributed by atoms with van der Waals surface area (Å²) in [5, 5.41) is 6.24. The average molecular weight is 316 g/mol. The molecule has 1 aromatic heterocycles. The maximum Gasteiger partial charge on any atom is 0.239 e. The van der Waals surface area contributed by atoms with Gasteiger partial charge in [0.15, 0.2) is 5.82 Å². The molecule has 0 radical (unpaired) electrons. The number of halogens is 1. The van der Waals surface area contributed by atoms with Gasteiger partial charge in [0, 0.05) is 27.2 Å². The summed E-state index contributed by atoms with van der Waals surface area (Å²) in [6.45, 7) is 3.95. The third-order valence-corrected chi connectivity index (χ3v) is 2.90. The third kappa shape index (κ3) is 6.14. The van der Waals surface area contributed by atoms with Crippen LogP contribution in [-0.2, 0) is 9.53 Å².